The highest BCUT2D eigenvalue weighted by Crippen LogP contribution is 2.29. The normalized spacial score (nSPS) is 10.8. The largest absolute Gasteiger partial charge is 0.399 e. The minimum atomic E-state index is 0.805. The zero-order chi connectivity index (χ0) is 13.1. The Hall–Kier alpha value is -0.940. The summed E-state index contributed by atoms with van der Waals surface area (Å²) in [7, 11) is 0. The average Bonchev–Trinajstić information content (AvgIpc) is 2.63. The summed E-state index contributed by atoms with van der Waals surface area (Å²) in [5, 5.41) is 4.49. The second-order valence-corrected chi connectivity index (χ2v) is 5.86. The molecule has 0 amide bonds. The van der Waals surface area contributed by atoms with E-state index in [0.29, 0.717) is 0 Å². The van der Waals surface area contributed by atoms with Gasteiger partial charge in [0.1, 0.15) is 0 Å². The number of aryl methyl sites for hydroxylation is 2. The van der Waals surface area contributed by atoms with Crippen molar-refractivity contribution in [3.05, 3.63) is 40.1 Å². The predicted molar refractivity (Wildman–Crippen MR) is 80.8 cm³/mol. The molecule has 2 rings (SSSR count). The van der Waals surface area contributed by atoms with E-state index in [-0.39, 0.29) is 0 Å². The Labute approximate surface area is 120 Å². The second kappa shape index (κ2) is 5.80. The van der Waals surface area contributed by atoms with Gasteiger partial charge in [-0.25, -0.2) is 0 Å². The van der Waals surface area contributed by atoms with Crippen LogP contribution in [0.1, 0.15) is 18.3 Å². The Balaban J connectivity index is 2.15. The van der Waals surface area contributed by atoms with Crippen LogP contribution in [0.4, 0.5) is 5.69 Å². The van der Waals surface area contributed by atoms with Gasteiger partial charge in [-0.1, -0.05) is 6.07 Å². The van der Waals surface area contributed by atoms with Crippen LogP contribution in [0.15, 0.2) is 33.6 Å². The molecule has 0 fully saturated rings. The van der Waals surface area contributed by atoms with E-state index in [0.717, 1.165) is 28.2 Å². The van der Waals surface area contributed by atoms with Crippen molar-refractivity contribution in [2.75, 3.05) is 5.73 Å². The monoisotopic (exact) mass is 325 g/mol. The first-order valence-corrected chi connectivity index (χ1v) is 7.59. The van der Waals surface area contributed by atoms with Crippen LogP contribution < -0.4 is 5.73 Å². The summed E-state index contributed by atoms with van der Waals surface area (Å²) < 4.78 is 3.15. The smallest absolute Gasteiger partial charge is 0.0739 e. The molecule has 0 aliphatic heterocycles. The van der Waals surface area contributed by atoms with Crippen LogP contribution in [0.2, 0.25) is 0 Å². The standard InChI is InChI=1S/C13H16BrN3S/c1-3-17-12(13(14)9(2)16-17)8-18-11-6-4-5-10(15)7-11/h4-7H,3,8,15H2,1-2H3. The lowest BCUT2D eigenvalue weighted by molar-refractivity contribution is 0.631. The Morgan fingerprint density at radius 3 is 2.89 bits per heavy atom. The number of rotatable bonds is 4. The maximum absolute atomic E-state index is 5.78. The number of aromatic nitrogens is 2. The number of hydrogen-bond acceptors (Lipinski definition) is 3. The third kappa shape index (κ3) is 2.90. The highest BCUT2D eigenvalue weighted by molar-refractivity contribution is 9.10. The number of hydrogen-bond donors (Lipinski definition) is 1. The molecule has 2 N–H and O–H groups in total. The van der Waals surface area contributed by atoms with Crippen LogP contribution in [0, 0.1) is 6.92 Å². The summed E-state index contributed by atoms with van der Waals surface area (Å²) in [6.07, 6.45) is 0. The maximum atomic E-state index is 5.78. The van der Waals surface area contributed by atoms with Gasteiger partial charge in [0.25, 0.3) is 0 Å². The van der Waals surface area contributed by atoms with Crippen molar-refractivity contribution in [3.63, 3.8) is 0 Å². The van der Waals surface area contributed by atoms with E-state index in [1.165, 1.54) is 10.6 Å². The molecular weight excluding hydrogens is 310 g/mol. The Morgan fingerprint density at radius 2 is 2.22 bits per heavy atom. The molecule has 96 valence electrons. The molecule has 0 radical (unpaired) electrons. The van der Waals surface area contributed by atoms with Gasteiger partial charge >= 0.3 is 0 Å². The lowest BCUT2D eigenvalue weighted by Gasteiger charge is -2.06. The van der Waals surface area contributed by atoms with Crippen molar-refractivity contribution in [1.82, 2.24) is 9.78 Å². The fourth-order valence-corrected chi connectivity index (χ4v) is 3.36. The van der Waals surface area contributed by atoms with Crippen molar-refractivity contribution >= 4 is 33.4 Å². The molecule has 0 saturated carbocycles. The van der Waals surface area contributed by atoms with Crippen LogP contribution in [-0.4, -0.2) is 9.78 Å². The lowest BCUT2D eigenvalue weighted by Crippen LogP contribution is -2.01. The van der Waals surface area contributed by atoms with E-state index >= 15 is 0 Å². The number of thioether (sulfide) groups is 1. The quantitative estimate of drug-likeness (QED) is 0.686. The molecule has 18 heavy (non-hydrogen) atoms. The second-order valence-electron chi connectivity index (χ2n) is 4.02. The van der Waals surface area contributed by atoms with Crippen molar-refractivity contribution in [2.24, 2.45) is 0 Å². The third-order valence-electron chi connectivity index (χ3n) is 2.69. The van der Waals surface area contributed by atoms with Gasteiger partial charge in [0.15, 0.2) is 0 Å². The number of anilines is 1. The maximum Gasteiger partial charge on any atom is 0.0739 e. The molecular formula is C13H16BrN3S. The van der Waals surface area contributed by atoms with Gasteiger partial charge in [-0.05, 0) is 48.0 Å². The van der Waals surface area contributed by atoms with Crippen molar-refractivity contribution in [1.29, 1.82) is 0 Å². The molecule has 1 aromatic carbocycles. The van der Waals surface area contributed by atoms with E-state index < -0.39 is 0 Å². The summed E-state index contributed by atoms with van der Waals surface area (Å²) in [5.41, 5.74) is 8.85. The molecule has 3 nitrogen and oxygen atoms in total. The lowest BCUT2D eigenvalue weighted by atomic mass is 10.3. The first-order valence-electron chi connectivity index (χ1n) is 5.82. The minimum absolute atomic E-state index is 0.805. The van der Waals surface area contributed by atoms with E-state index in [1.54, 1.807) is 11.8 Å². The summed E-state index contributed by atoms with van der Waals surface area (Å²) in [6, 6.07) is 7.96. The van der Waals surface area contributed by atoms with Crippen LogP contribution in [0.3, 0.4) is 0 Å². The number of halogens is 1. The van der Waals surface area contributed by atoms with Crippen LogP contribution in [-0.2, 0) is 12.3 Å². The number of benzene rings is 1. The topological polar surface area (TPSA) is 43.8 Å². The molecule has 1 heterocycles. The highest BCUT2D eigenvalue weighted by Gasteiger charge is 2.12. The first kappa shape index (κ1) is 13.5. The van der Waals surface area contributed by atoms with Gasteiger partial charge in [-0.15, -0.1) is 11.8 Å². The molecule has 0 unspecified atom stereocenters. The number of nitrogens with two attached hydrogens (primary N) is 1. The molecule has 1 aromatic heterocycles. The van der Waals surface area contributed by atoms with E-state index in [4.69, 9.17) is 5.73 Å². The van der Waals surface area contributed by atoms with Gasteiger partial charge in [0, 0.05) is 22.9 Å². The molecule has 0 saturated heterocycles. The van der Waals surface area contributed by atoms with E-state index in [1.807, 2.05) is 29.8 Å². The summed E-state index contributed by atoms with van der Waals surface area (Å²) in [4.78, 5) is 1.18. The summed E-state index contributed by atoms with van der Waals surface area (Å²) in [6.45, 7) is 5.01. The minimum Gasteiger partial charge on any atom is -0.399 e. The van der Waals surface area contributed by atoms with Crippen molar-refractivity contribution < 1.29 is 0 Å². The third-order valence-corrected chi connectivity index (χ3v) is 4.72. The van der Waals surface area contributed by atoms with E-state index in [2.05, 4.69) is 34.0 Å². The van der Waals surface area contributed by atoms with E-state index in [9.17, 15) is 0 Å². The van der Waals surface area contributed by atoms with Crippen LogP contribution in [0.25, 0.3) is 0 Å². The molecule has 2 aromatic rings. The highest BCUT2D eigenvalue weighted by atomic mass is 79.9. The van der Waals surface area contributed by atoms with Crippen molar-refractivity contribution in [2.45, 2.75) is 31.0 Å². The molecule has 0 aliphatic rings. The first-order chi connectivity index (χ1) is 8.61. The summed E-state index contributed by atoms with van der Waals surface area (Å²) >= 11 is 5.38. The molecule has 0 atom stereocenters. The molecule has 0 aliphatic carbocycles. The van der Waals surface area contributed by atoms with Crippen LogP contribution in [0.5, 0.6) is 0 Å². The Morgan fingerprint density at radius 1 is 1.44 bits per heavy atom. The predicted octanol–water partition coefficient (Wildman–Crippen LogP) is 3.85. The molecule has 0 spiro atoms. The number of nitrogen functional groups attached to an aromatic ring is 1. The summed E-state index contributed by atoms with van der Waals surface area (Å²) in [5.74, 6) is 0.888. The van der Waals surface area contributed by atoms with Gasteiger partial charge < -0.3 is 5.73 Å². The Bertz CT molecular complexity index is 551. The zero-order valence-corrected chi connectivity index (χ0v) is 12.9. The van der Waals surface area contributed by atoms with Gasteiger partial charge in [-0.3, -0.25) is 4.68 Å². The van der Waals surface area contributed by atoms with Gasteiger partial charge in [0.2, 0.25) is 0 Å². The SMILES string of the molecule is CCn1nc(C)c(Br)c1CSc1cccc(N)c1. The zero-order valence-electron chi connectivity index (χ0n) is 10.5. The Kier molecular flexibility index (Phi) is 4.35. The average molecular weight is 326 g/mol. The van der Waals surface area contributed by atoms with Gasteiger partial charge in [-0.2, -0.15) is 5.10 Å². The molecule has 0 bridgehead atoms. The van der Waals surface area contributed by atoms with Crippen LogP contribution >= 0.6 is 27.7 Å². The number of nitrogens with zero attached hydrogens (tertiary/aromatic N) is 2. The van der Waals surface area contributed by atoms with Crippen molar-refractivity contribution in [3.8, 4) is 0 Å². The van der Waals surface area contributed by atoms with Gasteiger partial charge in [0.05, 0.1) is 15.9 Å². The fraction of sp³-hybridized carbons (Fsp3) is 0.308. The fourth-order valence-electron chi connectivity index (χ4n) is 1.76. The molecule has 5 heteroatoms.